The van der Waals surface area contributed by atoms with Crippen molar-refractivity contribution >= 4 is 17.7 Å². The number of likely N-dealkylation sites (tertiary alicyclic amines) is 1. The Morgan fingerprint density at radius 1 is 1.22 bits per heavy atom. The van der Waals surface area contributed by atoms with Gasteiger partial charge in [0.2, 0.25) is 5.91 Å². The number of carboxylic acid groups (broad SMARTS) is 1. The van der Waals surface area contributed by atoms with E-state index in [-0.39, 0.29) is 12.0 Å². The quantitative estimate of drug-likeness (QED) is 0.417. The first-order chi connectivity index (χ1) is 17.3. The Balaban J connectivity index is 1.15. The van der Waals surface area contributed by atoms with Crippen LogP contribution in [0.25, 0.3) is 0 Å². The largest absolute Gasteiger partial charge is 0.480 e. The molecule has 8 heteroatoms. The molecule has 1 fully saturated rings. The van der Waals surface area contributed by atoms with Crippen LogP contribution in [-0.4, -0.2) is 71.8 Å². The number of aliphatic carboxylic acids is 1. The van der Waals surface area contributed by atoms with Gasteiger partial charge in [0.1, 0.15) is 11.9 Å². The fraction of sp³-hybridized carbons (Fsp3) is 0.536. The third-order valence-corrected chi connectivity index (χ3v) is 7.03. The highest BCUT2D eigenvalue weighted by Gasteiger charge is 2.33. The zero-order valence-corrected chi connectivity index (χ0v) is 21.3. The van der Waals surface area contributed by atoms with Gasteiger partial charge in [0.05, 0.1) is 12.7 Å². The summed E-state index contributed by atoms with van der Waals surface area (Å²) in [5.41, 5.74) is 2.68. The standard InChI is InChI=1S/C28H38N4O4/c1-28(2,17-20-7-4-3-5-8-20)27(35)31-24(26(33)34)12-15-32-18-23(19-32)36-16-13-22-11-10-21-9-6-14-29-25(21)30-22/h3-5,7-8,10-11,23-24H,6,9,12-19H2,1-2H3,(H,29,30)(H,31,35)(H,33,34). The summed E-state index contributed by atoms with van der Waals surface area (Å²) in [6, 6.07) is 13.1. The third-order valence-electron chi connectivity index (χ3n) is 7.03. The van der Waals surface area contributed by atoms with Crippen LogP contribution in [0, 0.1) is 5.41 Å². The molecule has 36 heavy (non-hydrogen) atoms. The zero-order chi connectivity index (χ0) is 25.5. The second kappa shape index (κ2) is 11.8. The topological polar surface area (TPSA) is 104 Å². The smallest absolute Gasteiger partial charge is 0.326 e. The number of aromatic nitrogens is 1. The molecule has 3 heterocycles. The third kappa shape index (κ3) is 7.04. The predicted octanol–water partition coefficient (Wildman–Crippen LogP) is 2.91. The number of hydrogen-bond donors (Lipinski definition) is 3. The molecule has 3 N–H and O–H groups in total. The van der Waals surface area contributed by atoms with Crippen LogP contribution in [0.3, 0.4) is 0 Å². The summed E-state index contributed by atoms with van der Waals surface area (Å²) in [4.78, 5) is 31.5. The van der Waals surface area contributed by atoms with E-state index in [0.29, 0.717) is 26.0 Å². The molecule has 194 valence electrons. The summed E-state index contributed by atoms with van der Waals surface area (Å²) >= 11 is 0. The van der Waals surface area contributed by atoms with Gasteiger partial charge in [0.15, 0.2) is 0 Å². The number of anilines is 1. The number of carbonyl (C=O) groups excluding carboxylic acids is 1. The molecule has 8 nitrogen and oxygen atoms in total. The van der Waals surface area contributed by atoms with Crippen molar-refractivity contribution in [2.24, 2.45) is 5.41 Å². The number of benzene rings is 1. The van der Waals surface area contributed by atoms with Crippen molar-refractivity contribution in [1.82, 2.24) is 15.2 Å². The second-order valence-electron chi connectivity index (χ2n) is 10.5. The molecular weight excluding hydrogens is 456 g/mol. The molecule has 2 aliphatic rings. The number of amides is 1. The maximum atomic E-state index is 12.9. The minimum absolute atomic E-state index is 0.156. The average molecular weight is 495 g/mol. The van der Waals surface area contributed by atoms with E-state index in [4.69, 9.17) is 9.72 Å². The van der Waals surface area contributed by atoms with Crippen molar-refractivity contribution < 1.29 is 19.4 Å². The van der Waals surface area contributed by atoms with E-state index < -0.39 is 17.4 Å². The second-order valence-corrected chi connectivity index (χ2v) is 10.5. The van der Waals surface area contributed by atoms with Crippen LogP contribution in [0.4, 0.5) is 5.82 Å². The van der Waals surface area contributed by atoms with E-state index in [1.165, 1.54) is 5.56 Å². The fourth-order valence-electron chi connectivity index (χ4n) is 4.76. The number of fused-ring (bicyclic) bond motifs is 1. The Morgan fingerprint density at radius 3 is 2.75 bits per heavy atom. The molecule has 1 aromatic carbocycles. The van der Waals surface area contributed by atoms with Crippen LogP contribution in [0.5, 0.6) is 0 Å². The highest BCUT2D eigenvalue weighted by atomic mass is 16.5. The van der Waals surface area contributed by atoms with E-state index in [2.05, 4.69) is 27.7 Å². The molecule has 0 radical (unpaired) electrons. The number of carboxylic acids is 1. The number of carbonyl (C=O) groups is 2. The lowest BCUT2D eigenvalue weighted by atomic mass is 9.84. The summed E-state index contributed by atoms with van der Waals surface area (Å²) in [5, 5.41) is 15.8. The average Bonchev–Trinajstić information content (AvgIpc) is 2.84. The lowest BCUT2D eigenvalue weighted by Crippen LogP contribution is -2.54. The zero-order valence-electron chi connectivity index (χ0n) is 21.3. The van der Waals surface area contributed by atoms with E-state index in [1.54, 1.807) is 0 Å². The SMILES string of the molecule is CC(C)(Cc1ccccc1)C(=O)NC(CCN1CC(OCCc2ccc3c(n2)NCCC3)C1)C(=O)O. The van der Waals surface area contributed by atoms with Gasteiger partial charge in [-0.15, -0.1) is 0 Å². The summed E-state index contributed by atoms with van der Waals surface area (Å²) in [6.07, 6.45) is 4.08. The molecule has 1 amide bonds. The molecule has 0 saturated carbocycles. The lowest BCUT2D eigenvalue weighted by Gasteiger charge is -2.39. The number of aryl methyl sites for hydroxylation is 1. The van der Waals surface area contributed by atoms with Crippen LogP contribution >= 0.6 is 0 Å². The van der Waals surface area contributed by atoms with Crippen molar-refractivity contribution in [1.29, 1.82) is 0 Å². The molecule has 2 aromatic rings. The van der Waals surface area contributed by atoms with Gasteiger partial charge >= 0.3 is 5.97 Å². The molecule has 1 aromatic heterocycles. The van der Waals surface area contributed by atoms with Crippen LogP contribution < -0.4 is 10.6 Å². The van der Waals surface area contributed by atoms with Gasteiger partial charge < -0.3 is 20.5 Å². The minimum atomic E-state index is -1.00. The Morgan fingerprint density at radius 2 is 2.00 bits per heavy atom. The maximum absolute atomic E-state index is 12.9. The Labute approximate surface area is 213 Å². The number of rotatable bonds is 12. The van der Waals surface area contributed by atoms with Gasteiger partial charge in [-0.1, -0.05) is 50.2 Å². The number of hydrogen-bond acceptors (Lipinski definition) is 6. The highest BCUT2D eigenvalue weighted by molar-refractivity contribution is 5.87. The van der Waals surface area contributed by atoms with Gasteiger partial charge in [0, 0.05) is 43.7 Å². The van der Waals surface area contributed by atoms with Crippen LogP contribution in [0.2, 0.25) is 0 Å². The molecule has 4 rings (SSSR count). The number of pyridine rings is 1. The molecule has 1 atom stereocenters. The van der Waals surface area contributed by atoms with Crippen LogP contribution in [0.1, 0.15) is 43.5 Å². The van der Waals surface area contributed by atoms with E-state index in [1.807, 2.05) is 44.2 Å². The fourth-order valence-corrected chi connectivity index (χ4v) is 4.76. The number of nitrogens with one attached hydrogen (secondary N) is 2. The highest BCUT2D eigenvalue weighted by Crippen LogP contribution is 2.23. The van der Waals surface area contributed by atoms with Gasteiger partial charge in [0.25, 0.3) is 0 Å². The van der Waals surface area contributed by atoms with E-state index in [9.17, 15) is 14.7 Å². The molecule has 0 spiro atoms. The van der Waals surface area contributed by atoms with Gasteiger partial charge in [-0.2, -0.15) is 0 Å². The summed E-state index contributed by atoms with van der Waals surface area (Å²) in [7, 11) is 0. The van der Waals surface area contributed by atoms with Gasteiger partial charge in [-0.05, 0) is 42.9 Å². The van der Waals surface area contributed by atoms with Gasteiger partial charge in [-0.25, -0.2) is 9.78 Å². The van der Waals surface area contributed by atoms with Crippen LogP contribution in [0.15, 0.2) is 42.5 Å². The Kier molecular flexibility index (Phi) is 8.59. The van der Waals surface area contributed by atoms with Crippen LogP contribution in [-0.2, 0) is 33.6 Å². The Bertz CT molecular complexity index is 1040. The number of ether oxygens (including phenoxy) is 1. The first-order valence-electron chi connectivity index (χ1n) is 12.9. The summed E-state index contributed by atoms with van der Waals surface area (Å²) in [5.74, 6) is -0.231. The van der Waals surface area contributed by atoms with E-state index in [0.717, 1.165) is 56.0 Å². The molecule has 1 unspecified atom stereocenters. The van der Waals surface area contributed by atoms with Crippen molar-refractivity contribution in [3.05, 3.63) is 59.3 Å². The minimum Gasteiger partial charge on any atom is -0.480 e. The first kappa shape index (κ1) is 26.1. The van der Waals surface area contributed by atoms with E-state index >= 15 is 0 Å². The monoisotopic (exact) mass is 494 g/mol. The lowest BCUT2D eigenvalue weighted by molar-refractivity contribution is -0.144. The van der Waals surface area contributed by atoms with Crippen molar-refractivity contribution in [2.75, 3.05) is 38.1 Å². The molecular formula is C28H38N4O4. The van der Waals surface area contributed by atoms with Gasteiger partial charge in [-0.3, -0.25) is 9.69 Å². The first-order valence-corrected chi connectivity index (χ1v) is 12.9. The number of nitrogens with zero attached hydrogens (tertiary/aromatic N) is 2. The van der Waals surface area contributed by atoms with Crippen molar-refractivity contribution in [3.63, 3.8) is 0 Å². The summed E-state index contributed by atoms with van der Waals surface area (Å²) in [6.45, 7) is 7.46. The molecule has 0 aliphatic carbocycles. The maximum Gasteiger partial charge on any atom is 0.326 e. The predicted molar refractivity (Wildman–Crippen MR) is 139 cm³/mol. The van der Waals surface area contributed by atoms with Crippen molar-refractivity contribution in [2.45, 2.75) is 58.1 Å². The normalized spacial score (nSPS) is 16.9. The summed E-state index contributed by atoms with van der Waals surface area (Å²) < 4.78 is 5.99. The molecule has 2 aliphatic heterocycles. The molecule has 1 saturated heterocycles. The van der Waals surface area contributed by atoms with Crippen molar-refractivity contribution in [3.8, 4) is 0 Å². The molecule has 0 bridgehead atoms. The Hall–Kier alpha value is -2.97.